The molecule has 0 saturated carbocycles. The molecule has 1 aromatic carbocycles. The van der Waals surface area contributed by atoms with E-state index in [4.69, 9.17) is 14.6 Å². The highest BCUT2D eigenvalue weighted by Gasteiger charge is 2.23. The minimum atomic E-state index is -0.253. The van der Waals surface area contributed by atoms with Crippen LogP contribution in [0.3, 0.4) is 0 Å². The first-order valence-electron chi connectivity index (χ1n) is 6.22. The minimum absolute atomic E-state index is 0.127. The predicted molar refractivity (Wildman–Crippen MR) is 79.5 cm³/mol. The van der Waals surface area contributed by atoms with Crippen LogP contribution >= 0.6 is 15.9 Å². The van der Waals surface area contributed by atoms with E-state index in [9.17, 15) is 0 Å². The second-order valence-corrected chi connectivity index (χ2v) is 5.69. The van der Waals surface area contributed by atoms with Gasteiger partial charge in [-0.1, -0.05) is 15.9 Å². The zero-order chi connectivity index (χ0) is 14.3. The zero-order valence-electron chi connectivity index (χ0n) is 11.7. The monoisotopic (exact) mass is 331 g/mol. The van der Waals surface area contributed by atoms with Crippen LogP contribution in [-0.4, -0.2) is 38.1 Å². The van der Waals surface area contributed by atoms with Crippen molar-refractivity contribution in [3.05, 3.63) is 28.2 Å². The molecule has 0 bridgehead atoms. The van der Waals surface area contributed by atoms with Crippen molar-refractivity contribution in [2.45, 2.75) is 25.4 Å². The number of aliphatic hydroxyl groups excluding tert-OH is 1. The summed E-state index contributed by atoms with van der Waals surface area (Å²) in [5.74, 6) is 0.847. The third kappa shape index (κ3) is 5.10. The highest BCUT2D eigenvalue weighted by atomic mass is 79.9. The van der Waals surface area contributed by atoms with Crippen LogP contribution in [0.5, 0.6) is 5.75 Å². The highest BCUT2D eigenvalue weighted by Crippen LogP contribution is 2.23. The highest BCUT2D eigenvalue weighted by molar-refractivity contribution is 9.10. The molecule has 2 N–H and O–H groups in total. The van der Waals surface area contributed by atoms with Gasteiger partial charge in [0.25, 0.3) is 0 Å². The Labute approximate surface area is 123 Å². The number of nitrogens with one attached hydrogen (secondary N) is 1. The molecule has 0 spiro atoms. The summed E-state index contributed by atoms with van der Waals surface area (Å²) in [5.41, 5.74) is 0.814. The molecule has 108 valence electrons. The molecule has 0 aromatic heterocycles. The second kappa shape index (κ2) is 7.85. The first-order valence-corrected chi connectivity index (χ1v) is 7.01. The van der Waals surface area contributed by atoms with Gasteiger partial charge in [0.15, 0.2) is 0 Å². The lowest BCUT2D eigenvalue weighted by molar-refractivity contribution is 0.0968. The van der Waals surface area contributed by atoms with Gasteiger partial charge in [0, 0.05) is 35.8 Å². The molecule has 0 aliphatic carbocycles. The Morgan fingerprint density at radius 3 is 2.68 bits per heavy atom. The van der Waals surface area contributed by atoms with Gasteiger partial charge in [-0.15, -0.1) is 0 Å². The normalized spacial score (nSPS) is 14.2. The molecule has 1 aromatic rings. The lowest BCUT2D eigenvalue weighted by atomic mass is 9.99. The summed E-state index contributed by atoms with van der Waals surface area (Å²) in [7, 11) is 3.33. The van der Waals surface area contributed by atoms with E-state index in [-0.39, 0.29) is 12.1 Å². The first-order chi connectivity index (χ1) is 9.04. The maximum Gasteiger partial charge on any atom is 0.123 e. The molecule has 4 nitrogen and oxygen atoms in total. The fourth-order valence-corrected chi connectivity index (χ4v) is 2.38. The molecule has 5 heteroatoms. The van der Waals surface area contributed by atoms with Crippen molar-refractivity contribution < 1.29 is 14.6 Å². The molecular weight excluding hydrogens is 310 g/mol. The Morgan fingerprint density at radius 2 is 2.11 bits per heavy atom. The van der Waals surface area contributed by atoms with Crippen LogP contribution in [0.1, 0.15) is 18.9 Å². The van der Waals surface area contributed by atoms with E-state index < -0.39 is 0 Å². The van der Waals surface area contributed by atoms with E-state index in [0.29, 0.717) is 19.6 Å². The van der Waals surface area contributed by atoms with Crippen LogP contribution in [0.25, 0.3) is 0 Å². The van der Waals surface area contributed by atoms with Crippen molar-refractivity contribution in [1.29, 1.82) is 0 Å². The van der Waals surface area contributed by atoms with Gasteiger partial charge < -0.3 is 19.9 Å². The second-order valence-electron chi connectivity index (χ2n) is 4.78. The van der Waals surface area contributed by atoms with Gasteiger partial charge >= 0.3 is 0 Å². The summed E-state index contributed by atoms with van der Waals surface area (Å²) in [6.45, 7) is 3.37. The van der Waals surface area contributed by atoms with Crippen LogP contribution in [-0.2, 0) is 11.3 Å². The Balaban J connectivity index is 2.75. The number of rotatable bonds is 8. The lowest BCUT2D eigenvalue weighted by Gasteiger charge is -2.30. The number of ether oxygens (including phenoxy) is 2. The number of aliphatic hydroxyl groups is 1. The van der Waals surface area contributed by atoms with Gasteiger partial charge in [-0.2, -0.15) is 0 Å². The van der Waals surface area contributed by atoms with E-state index in [0.717, 1.165) is 15.8 Å². The molecule has 0 fully saturated rings. The van der Waals surface area contributed by atoms with Crippen molar-refractivity contribution in [1.82, 2.24) is 5.32 Å². The molecule has 0 heterocycles. The predicted octanol–water partition coefficient (Wildman–Crippen LogP) is 2.33. The average Bonchev–Trinajstić information content (AvgIpc) is 2.37. The maximum absolute atomic E-state index is 9.14. The molecule has 0 saturated heterocycles. The molecular formula is C14H22BrNO3. The molecule has 1 rings (SSSR count). The summed E-state index contributed by atoms with van der Waals surface area (Å²) < 4.78 is 11.6. The Bertz CT molecular complexity index is 392. The summed E-state index contributed by atoms with van der Waals surface area (Å²) in [6.07, 6.45) is 0.636. The Hall–Kier alpha value is -0.620. The molecule has 1 atom stereocenters. The quantitative estimate of drug-likeness (QED) is 0.767. The topological polar surface area (TPSA) is 50.7 Å². The van der Waals surface area contributed by atoms with Crippen molar-refractivity contribution in [3.8, 4) is 5.75 Å². The number of methoxy groups -OCH3 is 2. The molecule has 0 amide bonds. The summed E-state index contributed by atoms with van der Waals surface area (Å²) in [5, 5.41) is 12.6. The van der Waals surface area contributed by atoms with E-state index in [1.807, 2.05) is 25.1 Å². The number of halogens is 1. The fraction of sp³-hybridized carbons (Fsp3) is 0.571. The SMILES string of the molecule is COCC(C)(CCO)NCc1cc(Br)ccc1OC. The van der Waals surface area contributed by atoms with Crippen molar-refractivity contribution >= 4 is 15.9 Å². The largest absolute Gasteiger partial charge is 0.496 e. The number of hydrogen-bond acceptors (Lipinski definition) is 4. The minimum Gasteiger partial charge on any atom is -0.496 e. The Kier molecular flexibility index (Phi) is 6.79. The average molecular weight is 332 g/mol. The van der Waals surface area contributed by atoms with Gasteiger partial charge in [0.1, 0.15) is 5.75 Å². The zero-order valence-corrected chi connectivity index (χ0v) is 13.3. The smallest absolute Gasteiger partial charge is 0.123 e. The summed E-state index contributed by atoms with van der Waals surface area (Å²) >= 11 is 3.46. The number of hydrogen-bond donors (Lipinski definition) is 2. The van der Waals surface area contributed by atoms with Crippen molar-refractivity contribution in [3.63, 3.8) is 0 Å². The third-order valence-electron chi connectivity index (χ3n) is 3.07. The van der Waals surface area contributed by atoms with Gasteiger partial charge in [0.2, 0.25) is 0 Å². The van der Waals surface area contributed by atoms with Gasteiger partial charge in [-0.3, -0.25) is 0 Å². The summed E-state index contributed by atoms with van der Waals surface area (Å²) in [6, 6.07) is 5.91. The molecule has 19 heavy (non-hydrogen) atoms. The molecule has 0 aliphatic heterocycles. The number of benzene rings is 1. The lowest BCUT2D eigenvalue weighted by Crippen LogP contribution is -2.46. The Morgan fingerprint density at radius 1 is 1.37 bits per heavy atom. The van der Waals surface area contributed by atoms with Crippen molar-refractivity contribution in [2.24, 2.45) is 0 Å². The van der Waals surface area contributed by atoms with Crippen LogP contribution in [0.15, 0.2) is 22.7 Å². The van der Waals surface area contributed by atoms with E-state index in [1.165, 1.54) is 0 Å². The first kappa shape index (κ1) is 16.4. The van der Waals surface area contributed by atoms with Gasteiger partial charge in [-0.05, 0) is 31.5 Å². The third-order valence-corrected chi connectivity index (χ3v) is 3.57. The van der Waals surface area contributed by atoms with Crippen LogP contribution in [0.4, 0.5) is 0 Å². The van der Waals surface area contributed by atoms with Crippen LogP contribution in [0, 0.1) is 0 Å². The van der Waals surface area contributed by atoms with Crippen LogP contribution < -0.4 is 10.1 Å². The molecule has 0 aliphatic rings. The standard InChI is InChI=1S/C14H22BrNO3/c1-14(6-7-17,10-18-2)16-9-11-8-12(15)4-5-13(11)19-3/h4-5,8,16-17H,6-7,9-10H2,1-3H3. The van der Waals surface area contributed by atoms with E-state index in [1.54, 1.807) is 14.2 Å². The summed E-state index contributed by atoms with van der Waals surface area (Å²) in [4.78, 5) is 0. The van der Waals surface area contributed by atoms with Gasteiger partial charge in [0.05, 0.1) is 13.7 Å². The van der Waals surface area contributed by atoms with Crippen LogP contribution in [0.2, 0.25) is 0 Å². The fourth-order valence-electron chi connectivity index (χ4n) is 1.97. The van der Waals surface area contributed by atoms with Gasteiger partial charge in [-0.25, -0.2) is 0 Å². The molecule has 1 unspecified atom stereocenters. The van der Waals surface area contributed by atoms with E-state index in [2.05, 4.69) is 21.2 Å². The van der Waals surface area contributed by atoms with E-state index >= 15 is 0 Å². The molecule has 0 radical (unpaired) electrons. The maximum atomic E-state index is 9.14. The van der Waals surface area contributed by atoms with Crippen molar-refractivity contribution in [2.75, 3.05) is 27.4 Å².